The monoisotopic (exact) mass is 411 g/mol. The quantitative estimate of drug-likeness (QED) is 0.547. The van der Waals surface area contributed by atoms with Crippen molar-refractivity contribution in [3.63, 3.8) is 0 Å². The number of fused-ring (bicyclic) bond motifs is 1. The zero-order chi connectivity index (χ0) is 21.2. The van der Waals surface area contributed by atoms with E-state index in [4.69, 9.17) is 0 Å². The number of carbonyl (C=O) groups is 2. The van der Waals surface area contributed by atoms with Gasteiger partial charge in [0.15, 0.2) is 0 Å². The third-order valence-electron chi connectivity index (χ3n) is 5.44. The number of anilines is 2. The number of aromatic nitrogens is 3. The molecule has 0 atom stereocenters. The van der Waals surface area contributed by atoms with Crippen molar-refractivity contribution in [3.05, 3.63) is 78.8 Å². The van der Waals surface area contributed by atoms with Crippen LogP contribution >= 0.6 is 0 Å². The van der Waals surface area contributed by atoms with Gasteiger partial charge in [-0.2, -0.15) is 0 Å². The van der Waals surface area contributed by atoms with Gasteiger partial charge >= 0.3 is 0 Å². The van der Waals surface area contributed by atoms with Crippen molar-refractivity contribution in [2.45, 2.75) is 19.3 Å². The zero-order valence-electron chi connectivity index (χ0n) is 16.9. The van der Waals surface area contributed by atoms with E-state index in [0.717, 1.165) is 36.3 Å². The van der Waals surface area contributed by atoms with Gasteiger partial charge in [0, 0.05) is 54.1 Å². The van der Waals surface area contributed by atoms with Crippen LogP contribution in [-0.4, -0.2) is 32.7 Å². The Morgan fingerprint density at radius 3 is 2.55 bits per heavy atom. The fraction of sp³-hybridized carbons (Fsp3) is 0.167. The molecule has 0 aliphatic carbocycles. The molecule has 0 spiro atoms. The molecule has 3 heterocycles. The van der Waals surface area contributed by atoms with Crippen molar-refractivity contribution in [3.8, 4) is 11.3 Å². The number of rotatable bonds is 4. The van der Waals surface area contributed by atoms with E-state index in [-0.39, 0.29) is 11.8 Å². The van der Waals surface area contributed by atoms with Crippen LogP contribution in [0.15, 0.2) is 73.2 Å². The molecular formula is C24H21N5O2. The van der Waals surface area contributed by atoms with Crippen LogP contribution in [0, 0.1) is 0 Å². The van der Waals surface area contributed by atoms with Gasteiger partial charge < -0.3 is 10.2 Å². The second-order valence-corrected chi connectivity index (χ2v) is 7.53. The lowest BCUT2D eigenvalue weighted by molar-refractivity contribution is -0.119. The van der Waals surface area contributed by atoms with Crippen molar-refractivity contribution < 1.29 is 9.59 Å². The highest BCUT2D eigenvalue weighted by molar-refractivity contribution is 6.05. The average molecular weight is 411 g/mol. The van der Waals surface area contributed by atoms with Gasteiger partial charge in [0.25, 0.3) is 5.91 Å². The Bertz CT molecular complexity index is 1210. The first-order chi connectivity index (χ1) is 15.2. The predicted molar refractivity (Wildman–Crippen MR) is 119 cm³/mol. The lowest BCUT2D eigenvalue weighted by Gasteiger charge is -2.26. The molecule has 0 bridgehead atoms. The number of imidazole rings is 1. The summed E-state index contributed by atoms with van der Waals surface area (Å²) in [4.78, 5) is 35.2. The minimum Gasteiger partial charge on any atom is -0.322 e. The Morgan fingerprint density at radius 1 is 1.00 bits per heavy atom. The van der Waals surface area contributed by atoms with Crippen LogP contribution in [-0.2, 0) is 4.79 Å². The summed E-state index contributed by atoms with van der Waals surface area (Å²) in [7, 11) is 0. The standard InChI is InChI=1S/C24H21N5O2/c30-22-4-1-2-15-29(22)20-11-7-18(8-12-20)23(31)26-19-9-5-17(6-10-19)21-16-28-14-3-13-25-24(28)27-21/h3,5-14,16H,1-2,4,15H2,(H,26,31). The molecule has 2 aromatic heterocycles. The molecule has 7 heteroatoms. The molecule has 2 aromatic carbocycles. The largest absolute Gasteiger partial charge is 0.322 e. The molecular weight excluding hydrogens is 390 g/mol. The fourth-order valence-electron chi connectivity index (χ4n) is 3.77. The van der Waals surface area contributed by atoms with Gasteiger partial charge in [-0.05, 0) is 55.3 Å². The predicted octanol–water partition coefficient (Wildman–Crippen LogP) is 4.17. The number of benzene rings is 2. The van der Waals surface area contributed by atoms with Gasteiger partial charge in [0.1, 0.15) is 0 Å². The van der Waals surface area contributed by atoms with Crippen LogP contribution in [0.4, 0.5) is 11.4 Å². The van der Waals surface area contributed by atoms with Crippen molar-refractivity contribution in [1.29, 1.82) is 0 Å². The average Bonchev–Trinajstić information content (AvgIpc) is 3.24. The number of nitrogens with one attached hydrogen (secondary N) is 1. The molecule has 4 aromatic rings. The zero-order valence-corrected chi connectivity index (χ0v) is 16.9. The SMILES string of the molecule is O=C(Nc1ccc(-c2cn3cccnc3n2)cc1)c1ccc(N2CCCCC2=O)cc1. The molecule has 1 saturated heterocycles. The van der Waals surface area contributed by atoms with Crippen LogP contribution in [0.3, 0.4) is 0 Å². The summed E-state index contributed by atoms with van der Waals surface area (Å²) in [6.07, 6.45) is 8.08. The van der Waals surface area contributed by atoms with E-state index in [1.807, 2.05) is 59.3 Å². The Kier molecular flexibility index (Phi) is 4.92. The molecule has 0 unspecified atom stereocenters. The molecule has 1 aliphatic rings. The molecule has 1 aliphatic heterocycles. The molecule has 1 fully saturated rings. The van der Waals surface area contributed by atoms with Gasteiger partial charge in [-0.1, -0.05) is 12.1 Å². The van der Waals surface area contributed by atoms with Crippen LogP contribution in [0.5, 0.6) is 0 Å². The molecule has 5 rings (SSSR count). The highest BCUT2D eigenvalue weighted by atomic mass is 16.2. The normalized spacial score (nSPS) is 14.1. The smallest absolute Gasteiger partial charge is 0.255 e. The van der Waals surface area contributed by atoms with E-state index >= 15 is 0 Å². The van der Waals surface area contributed by atoms with Crippen LogP contribution < -0.4 is 10.2 Å². The first-order valence-corrected chi connectivity index (χ1v) is 10.3. The summed E-state index contributed by atoms with van der Waals surface area (Å²) < 4.78 is 1.87. The van der Waals surface area contributed by atoms with Crippen molar-refractivity contribution in [1.82, 2.24) is 14.4 Å². The summed E-state index contributed by atoms with van der Waals surface area (Å²) in [5, 5.41) is 2.91. The molecule has 0 saturated carbocycles. The van der Waals surface area contributed by atoms with Crippen molar-refractivity contribution in [2.75, 3.05) is 16.8 Å². The number of hydrogen-bond donors (Lipinski definition) is 1. The highest BCUT2D eigenvalue weighted by Gasteiger charge is 2.19. The summed E-state index contributed by atoms with van der Waals surface area (Å²) in [6.45, 7) is 0.735. The highest BCUT2D eigenvalue weighted by Crippen LogP contribution is 2.23. The van der Waals surface area contributed by atoms with Crippen LogP contribution in [0.25, 0.3) is 17.0 Å². The minimum atomic E-state index is -0.193. The Labute approximate surface area is 179 Å². The van der Waals surface area contributed by atoms with Gasteiger partial charge in [0.2, 0.25) is 11.7 Å². The summed E-state index contributed by atoms with van der Waals surface area (Å²) >= 11 is 0. The molecule has 2 amide bonds. The third kappa shape index (κ3) is 3.90. The lowest BCUT2D eigenvalue weighted by atomic mass is 10.1. The van der Waals surface area contributed by atoms with E-state index in [1.165, 1.54) is 0 Å². The Hall–Kier alpha value is -4.00. The first-order valence-electron chi connectivity index (χ1n) is 10.3. The lowest BCUT2D eigenvalue weighted by Crippen LogP contribution is -2.35. The van der Waals surface area contributed by atoms with Crippen LogP contribution in [0.1, 0.15) is 29.6 Å². The number of carbonyl (C=O) groups excluding carboxylic acids is 2. The van der Waals surface area contributed by atoms with Gasteiger partial charge in [-0.15, -0.1) is 0 Å². The summed E-state index contributed by atoms with van der Waals surface area (Å²) in [6, 6.07) is 16.6. The third-order valence-corrected chi connectivity index (χ3v) is 5.44. The second-order valence-electron chi connectivity index (χ2n) is 7.53. The maximum Gasteiger partial charge on any atom is 0.255 e. The Balaban J connectivity index is 1.27. The number of hydrogen-bond acceptors (Lipinski definition) is 4. The van der Waals surface area contributed by atoms with Gasteiger partial charge in [0.05, 0.1) is 5.69 Å². The van der Waals surface area contributed by atoms with E-state index in [1.54, 1.807) is 23.2 Å². The van der Waals surface area contributed by atoms with E-state index in [0.29, 0.717) is 23.4 Å². The number of nitrogens with zero attached hydrogens (tertiary/aromatic N) is 4. The topological polar surface area (TPSA) is 79.6 Å². The maximum absolute atomic E-state index is 12.6. The summed E-state index contributed by atoms with van der Waals surface area (Å²) in [5.74, 6) is 0.593. The van der Waals surface area contributed by atoms with E-state index < -0.39 is 0 Å². The molecule has 7 nitrogen and oxygen atoms in total. The van der Waals surface area contributed by atoms with Crippen molar-refractivity contribution in [2.24, 2.45) is 0 Å². The van der Waals surface area contributed by atoms with Crippen molar-refractivity contribution >= 4 is 29.0 Å². The van der Waals surface area contributed by atoms with E-state index in [2.05, 4.69) is 15.3 Å². The Morgan fingerprint density at radius 2 is 1.81 bits per heavy atom. The van der Waals surface area contributed by atoms with Crippen LogP contribution in [0.2, 0.25) is 0 Å². The maximum atomic E-state index is 12.6. The molecule has 0 radical (unpaired) electrons. The first kappa shape index (κ1) is 19.0. The van der Waals surface area contributed by atoms with E-state index in [9.17, 15) is 9.59 Å². The number of amides is 2. The summed E-state index contributed by atoms with van der Waals surface area (Å²) in [5.41, 5.74) is 3.85. The minimum absolute atomic E-state index is 0.143. The number of piperidine rings is 1. The fourth-order valence-corrected chi connectivity index (χ4v) is 3.77. The molecule has 154 valence electrons. The molecule has 31 heavy (non-hydrogen) atoms. The molecule has 1 N–H and O–H groups in total. The van der Waals surface area contributed by atoms with Gasteiger partial charge in [-0.25, -0.2) is 9.97 Å². The van der Waals surface area contributed by atoms with Gasteiger partial charge in [-0.3, -0.25) is 14.0 Å². The second kappa shape index (κ2) is 8.02.